The summed E-state index contributed by atoms with van der Waals surface area (Å²) >= 11 is 2.03. The van der Waals surface area contributed by atoms with Crippen molar-refractivity contribution in [2.75, 3.05) is 5.32 Å². The smallest absolute Gasteiger partial charge is 0.293 e. The van der Waals surface area contributed by atoms with Crippen LogP contribution in [0.15, 0.2) is 29.5 Å². The zero-order chi connectivity index (χ0) is 16.4. The van der Waals surface area contributed by atoms with Gasteiger partial charge in [0.2, 0.25) is 5.91 Å². The second-order valence-corrected chi connectivity index (χ2v) is 5.74. The summed E-state index contributed by atoms with van der Waals surface area (Å²) in [4.78, 5) is 32.2. The summed E-state index contributed by atoms with van der Waals surface area (Å²) < 4.78 is 3.35. The lowest BCUT2D eigenvalue weighted by Crippen LogP contribution is -2.32. The van der Waals surface area contributed by atoms with E-state index in [4.69, 9.17) is 0 Å². The van der Waals surface area contributed by atoms with E-state index in [1.54, 1.807) is 12.1 Å². The summed E-state index contributed by atoms with van der Waals surface area (Å²) in [5.74, 6) is 0.588. The lowest BCUT2D eigenvalue weighted by Gasteiger charge is -2.08. The van der Waals surface area contributed by atoms with Gasteiger partial charge in [0, 0.05) is 18.7 Å². The number of carbonyl (C=O) groups excluding carboxylic acids is 1. The van der Waals surface area contributed by atoms with Crippen molar-refractivity contribution in [1.29, 1.82) is 0 Å². The number of nitrogens with one attached hydrogen (secondary N) is 1. The Morgan fingerprint density at radius 1 is 1.39 bits per heavy atom. The highest BCUT2D eigenvalue weighted by Crippen LogP contribution is 2.07. The number of amides is 1. The molecule has 0 unspecified atom stereocenters. The monoisotopic (exact) mass is 425 g/mol. The minimum atomic E-state index is -0.390. The fraction of sp³-hybridized carbons (Fsp3) is 0.231. The third-order valence-electron chi connectivity index (χ3n) is 3.07. The molecule has 0 aliphatic carbocycles. The maximum absolute atomic E-state index is 12.4. The van der Waals surface area contributed by atoms with E-state index in [1.807, 2.05) is 29.5 Å². The van der Waals surface area contributed by atoms with Gasteiger partial charge in [0.15, 0.2) is 5.82 Å². The highest BCUT2D eigenvalue weighted by molar-refractivity contribution is 14.1. The van der Waals surface area contributed by atoms with Crippen LogP contribution < -0.4 is 10.9 Å². The maximum Gasteiger partial charge on any atom is 0.293 e. The number of aryl methyl sites for hydroxylation is 1. The van der Waals surface area contributed by atoms with Gasteiger partial charge in [-0.05, 0) is 28.7 Å². The number of aromatic nitrogens is 6. The summed E-state index contributed by atoms with van der Waals surface area (Å²) in [6.07, 6.45) is 3.43. The highest BCUT2D eigenvalue weighted by Gasteiger charge is 2.14. The Morgan fingerprint density at radius 3 is 2.91 bits per heavy atom. The summed E-state index contributed by atoms with van der Waals surface area (Å²) in [6, 6.07) is 3.23. The molecule has 3 heterocycles. The minimum Gasteiger partial charge on any atom is -0.309 e. The molecule has 1 amide bonds. The van der Waals surface area contributed by atoms with Gasteiger partial charge in [-0.2, -0.15) is 10.2 Å². The van der Waals surface area contributed by atoms with Crippen LogP contribution in [0.1, 0.15) is 12.7 Å². The minimum absolute atomic E-state index is 0.200. The van der Waals surface area contributed by atoms with Crippen molar-refractivity contribution in [2.45, 2.75) is 19.9 Å². The van der Waals surface area contributed by atoms with Crippen molar-refractivity contribution in [1.82, 2.24) is 29.4 Å². The van der Waals surface area contributed by atoms with Crippen LogP contribution in [-0.2, 0) is 17.8 Å². The molecule has 3 aromatic rings. The third kappa shape index (κ3) is 3.21. The van der Waals surface area contributed by atoms with Crippen molar-refractivity contribution < 1.29 is 4.79 Å². The van der Waals surface area contributed by atoms with Gasteiger partial charge in [-0.15, -0.1) is 0 Å². The molecule has 3 rings (SSSR count). The molecule has 10 heteroatoms. The molecule has 0 atom stereocenters. The third-order valence-corrected chi connectivity index (χ3v) is 3.60. The van der Waals surface area contributed by atoms with E-state index < -0.39 is 0 Å². The number of nitrogens with zero attached hydrogens (tertiary/aromatic N) is 6. The van der Waals surface area contributed by atoms with E-state index in [1.165, 1.54) is 17.0 Å². The number of halogens is 1. The lowest BCUT2D eigenvalue weighted by molar-refractivity contribution is -0.117. The second-order valence-electron chi connectivity index (χ2n) is 4.64. The average Bonchev–Trinajstić information content (AvgIpc) is 2.93. The molecule has 1 N–H and O–H groups in total. The van der Waals surface area contributed by atoms with E-state index in [9.17, 15) is 9.59 Å². The molecule has 118 valence electrons. The van der Waals surface area contributed by atoms with Gasteiger partial charge in [0.1, 0.15) is 27.9 Å². The normalized spacial score (nSPS) is 10.9. The summed E-state index contributed by atoms with van der Waals surface area (Å²) in [7, 11) is 0. The van der Waals surface area contributed by atoms with Crippen LogP contribution in [0.5, 0.6) is 0 Å². The average molecular weight is 425 g/mol. The first-order valence-corrected chi connectivity index (χ1v) is 7.87. The van der Waals surface area contributed by atoms with E-state index in [0.717, 1.165) is 4.68 Å². The number of rotatable bonds is 4. The Labute approximate surface area is 143 Å². The first kappa shape index (κ1) is 15.5. The first-order chi connectivity index (χ1) is 11.1. The largest absolute Gasteiger partial charge is 0.309 e. The second kappa shape index (κ2) is 6.40. The summed E-state index contributed by atoms with van der Waals surface area (Å²) in [6.45, 7) is 1.71. The van der Waals surface area contributed by atoms with E-state index in [2.05, 4.69) is 25.5 Å². The molecule has 0 aliphatic heterocycles. The molecule has 0 bridgehead atoms. The number of anilines is 1. The molecule has 0 saturated heterocycles. The topological polar surface area (TPSA) is 107 Å². The number of hydrogen-bond donors (Lipinski definition) is 1. The number of hydrogen-bond acceptors (Lipinski definition) is 6. The van der Waals surface area contributed by atoms with Gasteiger partial charge in [-0.25, -0.2) is 19.2 Å². The molecule has 0 saturated carbocycles. The zero-order valence-corrected chi connectivity index (χ0v) is 14.3. The highest BCUT2D eigenvalue weighted by atomic mass is 127. The molecule has 23 heavy (non-hydrogen) atoms. The van der Waals surface area contributed by atoms with Gasteiger partial charge in [0.25, 0.3) is 5.56 Å². The van der Waals surface area contributed by atoms with Crippen LogP contribution in [0, 0.1) is 3.70 Å². The van der Waals surface area contributed by atoms with Crippen molar-refractivity contribution in [3.05, 3.63) is 44.5 Å². The van der Waals surface area contributed by atoms with E-state index in [0.29, 0.717) is 27.3 Å². The standard InChI is InChI=1S/C13H12IN7O2/c1-2-11-19-20(13(23)8-5-9(14)18-21(8)11)6-12(22)17-10-3-4-15-7-16-10/h3-5,7H,2,6H2,1H3,(H,15,16,17,22). The zero-order valence-electron chi connectivity index (χ0n) is 12.1. The Kier molecular flexibility index (Phi) is 4.32. The molecular weight excluding hydrogens is 413 g/mol. The van der Waals surface area contributed by atoms with Crippen molar-refractivity contribution in [3.8, 4) is 0 Å². The molecule has 9 nitrogen and oxygen atoms in total. The lowest BCUT2D eigenvalue weighted by atomic mass is 10.4. The van der Waals surface area contributed by atoms with Gasteiger partial charge in [-0.3, -0.25) is 9.59 Å². The van der Waals surface area contributed by atoms with Crippen LogP contribution in [0.2, 0.25) is 0 Å². The molecule has 3 aromatic heterocycles. The van der Waals surface area contributed by atoms with Crippen LogP contribution in [0.4, 0.5) is 5.82 Å². The molecule has 0 aliphatic rings. The molecule has 0 radical (unpaired) electrons. The molecular formula is C13H12IN7O2. The van der Waals surface area contributed by atoms with Crippen LogP contribution >= 0.6 is 22.6 Å². The predicted molar refractivity (Wildman–Crippen MR) is 90.0 cm³/mol. The van der Waals surface area contributed by atoms with Crippen molar-refractivity contribution in [3.63, 3.8) is 0 Å². The quantitative estimate of drug-likeness (QED) is 0.610. The Morgan fingerprint density at radius 2 is 2.22 bits per heavy atom. The summed E-state index contributed by atoms with van der Waals surface area (Å²) in [5.41, 5.74) is 0.0338. The molecule has 0 aromatic carbocycles. The SMILES string of the molecule is CCc1nn(CC(=O)Nc2ccncn2)c(=O)c2cc(I)nn12. The van der Waals surface area contributed by atoms with Gasteiger partial charge in [0.05, 0.1) is 0 Å². The van der Waals surface area contributed by atoms with Crippen LogP contribution in [0.25, 0.3) is 5.52 Å². The molecule has 0 spiro atoms. The Balaban J connectivity index is 1.92. The van der Waals surface area contributed by atoms with E-state index in [-0.39, 0.29) is 18.0 Å². The fourth-order valence-electron chi connectivity index (χ4n) is 2.07. The van der Waals surface area contributed by atoms with Crippen LogP contribution in [-0.4, -0.2) is 35.3 Å². The van der Waals surface area contributed by atoms with Gasteiger partial charge < -0.3 is 5.32 Å². The maximum atomic E-state index is 12.4. The summed E-state index contributed by atoms with van der Waals surface area (Å²) in [5, 5.41) is 11.1. The van der Waals surface area contributed by atoms with Gasteiger partial charge >= 0.3 is 0 Å². The van der Waals surface area contributed by atoms with Crippen LogP contribution in [0.3, 0.4) is 0 Å². The number of fused-ring (bicyclic) bond motifs is 1. The predicted octanol–water partition coefficient (Wildman–Crippen LogP) is 0.487. The number of carbonyl (C=O) groups is 1. The van der Waals surface area contributed by atoms with Crippen molar-refractivity contribution >= 4 is 39.8 Å². The fourth-order valence-corrected chi connectivity index (χ4v) is 2.58. The van der Waals surface area contributed by atoms with Crippen molar-refractivity contribution in [2.24, 2.45) is 0 Å². The molecule has 0 fully saturated rings. The Hall–Kier alpha value is -2.37. The van der Waals surface area contributed by atoms with Gasteiger partial charge in [-0.1, -0.05) is 6.92 Å². The van der Waals surface area contributed by atoms with E-state index >= 15 is 0 Å². The Bertz CT molecular complexity index is 919. The first-order valence-electron chi connectivity index (χ1n) is 6.79.